The van der Waals surface area contributed by atoms with Crippen molar-refractivity contribution in [2.45, 2.75) is 31.2 Å². The minimum atomic E-state index is -3.72. The maximum Gasteiger partial charge on any atom is 0.279 e. The summed E-state index contributed by atoms with van der Waals surface area (Å²) in [7, 11) is -2.09. The quantitative estimate of drug-likeness (QED) is 0.382. The van der Waals surface area contributed by atoms with Gasteiger partial charge in [0.2, 0.25) is 0 Å². The van der Waals surface area contributed by atoms with E-state index >= 15 is 0 Å². The molecule has 0 atom stereocenters. The molecule has 4 aromatic rings. The fourth-order valence-electron chi connectivity index (χ4n) is 4.38. The number of carbonyl (C=O) groups is 1. The molecular formula is C26H25N3O4S2. The molecule has 7 nitrogen and oxygen atoms in total. The van der Waals surface area contributed by atoms with Crippen LogP contribution in [0.2, 0.25) is 0 Å². The van der Waals surface area contributed by atoms with Crippen molar-refractivity contribution in [1.82, 2.24) is 4.57 Å². The van der Waals surface area contributed by atoms with Gasteiger partial charge in [-0.05, 0) is 60.9 Å². The maximum absolute atomic E-state index is 13.2. The van der Waals surface area contributed by atoms with Crippen LogP contribution in [0.5, 0.6) is 5.75 Å². The minimum Gasteiger partial charge on any atom is -0.495 e. The summed E-state index contributed by atoms with van der Waals surface area (Å²) in [6, 6.07) is 19.3. The molecule has 0 N–H and O–H groups in total. The van der Waals surface area contributed by atoms with Crippen molar-refractivity contribution < 1.29 is 17.9 Å². The van der Waals surface area contributed by atoms with Gasteiger partial charge in [0, 0.05) is 18.7 Å². The van der Waals surface area contributed by atoms with E-state index in [4.69, 9.17) is 4.74 Å². The van der Waals surface area contributed by atoms with Gasteiger partial charge < -0.3 is 9.30 Å². The lowest BCUT2D eigenvalue weighted by Crippen LogP contribution is -2.29. The van der Waals surface area contributed by atoms with Gasteiger partial charge in [0.15, 0.2) is 4.80 Å². The molecule has 5 rings (SSSR count). The number of ether oxygens (including phenoxy) is 1. The number of hydrogen-bond acceptors (Lipinski definition) is 5. The first-order chi connectivity index (χ1) is 16.9. The number of para-hydroxylation sites is 2. The smallest absolute Gasteiger partial charge is 0.279 e. The summed E-state index contributed by atoms with van der Waals surface area (Å²) >= 11 is 1.43. The zero-order valence-electron chi connectivity index (χ0n) is 19.5. The lowest BCUT2D eigenvalue weighted by atomic mass is 10.2. The SMILES string of the molecule is CCCn1c(=NC(=O)c2ccc(S(=O)(=O)N3CCc4ccccc43)cc2)sc2cccc(OC)c21. The van der Waals surface area contributed by atoms with Crippen LogP contribution in [0, 0.1) is 0 Å². The van der Waals surface area contributed by atoms with E-state index in [0.717, 1.165) is 28.0 Å². The Hall–Kier alpha value is -3.43. The summed E-state index contributed by atoms with van der Waals surface area (Å²) in [4.78, 5) is 18.1. The fraction of sp³-hybridized carbons (Fsp3) is 0.231. The number of thiazole rings is 1. The first-order valence-electron chi connectivity index (χ1n) is 11.4. The summed E-state index contributed by atoms with van der Waals surface area (Å²) in [6.07, 6.45) is 1.56. The number of aryl methyl sites for hydroxylation is 1. The molecule has 1 aromatic heterocycles. The van der Waals surface area contributed by atoms with Crippen LogP contribution in [-0.4, -0.2) is 32.5 Å². The lowest BCUT2D eigenvalue weighted by molar-refractivity contribution is 0.0997. The Morgan fingerprint density at radius 2 is 1.83 bits per heavy atom. The summed E-state index contributed by atoms with van der Waals surface area (Å²) in [5.74, 6) is 0.315. The minimum absolute atomic E-state index is 0.151. The topological polar surface area (TPSA) is 81.0 Å². The van der Waals surface area contributed by atoms with Crippen LogP contribution in [0.1, 0.15) is 29.3 Å². The number of fused-ring (bicyclic) bond motifs is 2. The van der Waals surface area contributed by atoms with E-state index in [9.17, 15) is 13.2 Å². The van der Waals surface area contributed by atoms with Crippen LogP contribution in [0.3, 0.4) is 0 Å². The second-order valence-corrected chi connectivity index (χ2v) is 11.1. The highest BCUT2D eigenvalue weighted by atomic mass is 32.2. The van der Waals surface area contributed by atoms with Crippen molar-refractivity contribution in [3.63, 3.8) is 0 Å². The predicted molar refractivity (Wildman–Crippen MR) is 138 cm³/mol. The summed E-state index contributed by atoms with van der Waals surface area (Å²) < 4.78 is 36.4. The number of methoxy groups -OCH3 is 1. The predicted octanol–water partition coefficient (Wildman–Crippen LogP) is 4.61. The molecule has 0 spiro atoms. The lowest BCUT2D eigenvalue weighted by Gasteiger charge is -2.19. The number of carbonyl (C=O) groups excluding carboxylic acids is 1. The zero-order valence-corrected chi connectivity index (χ0v) is 21.1. The summed E-state index contributed by atoms with van der Waals surface area (Å²) in [6.45, 7) is 3.17. The van der Waals surface area contributed by atoms with Crippen LogP contribution in [0.15, 0.2) is 76.6 Å². The number of amides is 1. The van der Waals surface area contributed by atoms with Crippen molar-refractivity contribution in [1.29, 1.82) is 0 Å². The third-order valence-electron chi connectivity index (χ3n) is 6.06. The van der Waals surface area contributed by atoms with Gasteiger partial charge in [0.25, 0.3) is 15.9 Å². The molecule has 1 aliphatic heterocycles. The fourth-order valence-corrected chi connectivity index (χ4v) is 6.96. The monoisotopic (exact) mass is 507 g/mol. The molecule has 180 valence electrons. The number of sulfonamides is 1. The zero-order chi connectivity index (χ0) is 24.6. The summed E-state index contributed by atoms with van der Waals surface area (Å²) in [5.41, 5.74) is 2.98. The number of aromatic nitrogens is 1. The van der Waals surface area contributed by atoms with Crippen LogP contribution in [0.4, 0.5) is 5.69 Å². The van der Waals surface area contributed by atoms with Gasteiger partial charge in [-0.3, -0.25) is 9.10 Å². The Balaban J connectivity index is 1.47. The van der Waals surface area contributed by atoms with E-state index in [2.05, 4.69) is 11.9 Å². The molecule has 0 aliphatic carbocycles. The van der Waals surface area contributed by atoms with E-state index in [1.165, 1.54) is 39.9 Å². The van der Waals surface area contributed by atoms with Gasteiger partial charge in [-0.1, -0.05) is 42.5 Å². The standard InChI is InChI=1S/C26H25N3O4S2/c1-3-16-28-24-22(33-2)9-6-10-23(24)34-26(28)27-25(30)19-11-13-20(14-12-19)35(31,32)29-17-15-18-7-4-5-8-21(18)29/h4-14H,3,15-17H2,1-2H3. The molecule has 0 bridgehead atoms. The Labute approximate surface area is 208 Å². The molecule has 2 heterocycles. The Bertz CT molecular complexity index is 1590. The Morgan fingerprint density at radius 1 is 1.06 bits per heavy atom. The number of hydrogen-bond donors (Lipinski definition) is 0. The van der Waals surface area contributed by atoms with Gasteiger partial charge >= 0.3 is 0 Å². The number of nitrogens with zero attached hydrogens (tertiary/aromatic N) is 3. The van der Waals surface area contributed by atoms with E-state index < -0.39 is 15.9 Å². The highest BCUT2D eigenvalue weighted by molar-refractivity contribution is 7.92. The number of rotatable bonds is 6. The molecule has 9 heteroatoms. The molecule has 0 saturated heterocycles. The summed E-state index contributed by atoms with van der Waals surface area (Å²) in [5, 5.41) is 0. The van der Waals surface area contributed by atoms with Crippen molar-refractivity contribution in [3.05, 3.63) is 82.7 Å². The largest absolute Gasteiger partial charge is 0.495 e. The Morgan fingerprint density at radius 3 is 2.57 bits per heavy atom. The maximum atomic E-state index is 13.2. The number of benzene rings is 3. The van der Waals surface area contributed by atoms with Crippen LogP contribution < -0.4 is 13.8 Å². The second kappa shape index (κ2) is 9.31. The van der Waals surface area contributed by atoms with Crippen LogP contribution >= 0.6 is 11.3 Å². The van der Waals surface area contributed by atoms with Crippen LogP contribution in [0.25, 0.3) is 10.2 Å². The molecule has 0 saturated carbocycles. The first-order valence-corrected chi connectivity index (χ1v) is 13.7. The highest BCUT2D eigenvalue weighted by Crippen LogP contribution is 2.33. The molecule has 1 aliphatic rings. The molecule has 3 aromatic carbocycles. The van der Waals surface area contributed by atoms with Crippen molar-refractivity contribution in [3.8, 4) is 5.75 Å². The van der Waals surface area contributed by atoms with Crippen molar-refractivity contribution in [2.75, 3.05) is 18.0 Å². The van der Waals surface area contributed by atoms with Gasteiger partial charge in [-0.2, -0.15) is 4.99 Å². The molecule has 35 heavy (non-hydrogen) atoms. The van der Waals surface area contributed by atoms with E-state index in [-0.39, 0.29) is 4.90 Å². The first kappa shape index (κ1) is 23.3. The van der Waals surface area contributed by atoms with E-state index in [0.29, 0.717) is 35.6 Å². The molecule has 0 radical (unpaired) electrons. The molecule has 0 fully saturated rings. The van der Waals surface area contributed by atoms with Crippen molar-refractivity contribution >= 4 is 43.2 Å². The van der Waals surface area contributed by atoms with Gasteiger partial charge in [0.1, 0.15) is 11.3 Å². The molecule has 0 unspecified atom stereocenters. The second-order valence-electron chi connectivity index (χ2n) is 8.24. The third kappa shape index (κ3) is 4.15. The van der Waals surface area contributed by atoms with E-state index in [1.807, 2.05) is 47.0 Å². The van der Waals surface area contributed by atoms with Gasteiger partial charge in [0.05, 0.1) is 22.4 Å². The van der Waals surface area contributed by atoms with Crippen molar-refractivity contribution in [2.24, 2.45) is 4.99 Å². The molecule has 1 amide bonds. The molecular weight excluding hydrogens is 482 g/mol. The normalized spacial score (nSPS) is 13.9. The highest BCUT2D eigenvalue weighted by Gasteiger charge is 2.30. The number of anilines is 1. The van der Waals surface area contributed by atoms with Gasteiger partial charge in [-0.25, -0.2) is 8.42 Å². The third-order valence-corrected chi connectivity index (χ3v) is 8.93. The Kier molecular flexibility index (Phi) is 6.21. The van der Waals surface area contributed by atoms with Crippen LogP contribution in [-0.2, 0) is 23.0 Å². The average molecular weight is 508 g/mol. The van der Waals surface area contributed by atoms with Gasteiger partial charge in [-0.15, -0.1) is 0 Å². The van der Waals surface area contributed by atoms with E-state index in [1.54, 1.807) is 7.11 Å². The average Bonchev–Trinajstić information content (AvgIpc) is 3.46.